The van der Waals surface area contributed by atoms with Gasteiger partial charge >= 0.3 is 0 Å². The van der Waals surface area contributed by atoms with Crippen LogP contribution in [0.2, 0.25) is 0 Å². The summed E-state index contributed by atoms with van der Waals surface area (Å²) in [6, 6.07) is 13.8. The molecule has 152 valence electrons. The molecule has 5 nitrogen and oxygen atoms in total. The van der Waals surface area contributed by atoms with Gasteiger partial charge in [-0.15, -0.1) is 0 Å². The van der Waals surface area contributed by atoms with Crippen LogP contribution in [0.1, 0.15) is 44.7 Å². The summed E-state index contributed by atoms with van der Waals surface area (Å²) in [5.41, 5.74) is 5.08. The molecule has 1 saturated heterocycles. The van der Waals surface area contributed by atoms with Crippen LogP contribution in [-0.4, -0.2) is 60.9 Å². The molecule has 0 unspecified atom stereocenters. The number of anilines is 1. The number of amides is 2. The molecule has 0 atom stereocenters. The first-order valence-corrected chi connectivity index (χ1v) is 10.5. The second-order valence-electron chi connectivity index (χ2n) is 8.13. The third-order valence-electron chi connectivity index (χ3n) is 6.06. The van der Waals surface area contributed by atoms with Crippen LogP contribution < -0.4 is 4.90 Å². The lowest BCUT2D eigenvalue weighted by atomic mass is 10.1. The number of hydrogen-bond donors (Lipinski definition) is 0. The molecule has 4 rings (SSSR count). The lowest BCUT2D eigenvalue weighted by Crippen LogP contribution is -2.47. The van der Waals surface area contributed by atoms with E-state index in [1.54, 1.807) is 12.1 Å². The van der Waals surface area contributed by atoms with Crippen molar-refractivity contribution in [3.05, 3.63) is 64.7 Å². The van der Waals surface area contributed by atoms with Gasteiger partial charge in [-0.25, -0.2) is 0 Å². The van der Waals surface area contributed by atoms with Gasteiger partial charge in [0.05, 0.1) is 11.1 Å². The van der Waals surface area contributed by atoms with Gasteiger partial charge in [-0.05, 0) is 62.6 Å². The van der Waals surface area contributed by atoms with Crippen molar-refractivity contribution in [3.63, 3.8) is 0 Å². The number of rotatable bonds is 6. The molecule has 0 aliphatic carbocycles. The monoisotopic (exact) mass is 391 g/mol. The van der Waals surface area contributed by atoms with Crippen LogP contribution in [0.15, 0.2) is 42.5 Å². The Morgan fingerprint density at radius 3 is 2.07 bits per heavy atom. The molecule has 0 spiro atoms. The summed E-state index contributed by atoms with van der Waals surface area (Å²) in [4.78, 5) is 31.2. The molecular weight excluding hydrogens is 362 g/mol. The number of piperazine rings is 1. The summed E-state index contributed by atoms with van der Waals surface area (Å²) < 4.78 is 0. The van der Waals surface area contributed by atoms with Crippen LogP contribution in [0.4, 0.5) is 5.69 Å². The predicted molar refractivity (Wildman–Crippen MR) is 116 cm³/mol. The maximum atomic E-state index is 12.4. The largest absolute Gasteiger partial charge is 0.369 e. The van der Waals surface area contributed by atoms with E-state index >= 15 is 0 Å². The van der Waals surface area contributed by atoms with Gasteiger partial charge in [0.2, 0.25) is 0 Å². The minimum absolute atomic E-state index is 0.146. The zero-order chi connectivity index (χ0) is 20.4. The summed E-state index contributed by atoms with van der Waals surface area (Å²) in [6.07, 6.45) is 1.85. The molecule has 2 heterocycles. The van der Waals surface area contributed by atoms with Crippen molar-refractivity contribution in [1.29, 1.82) is 0 Å². The van der Waals surface area contributed by atoms with Gasteiger partial charge < -0.3 is 4.90 Å². The molecule has 2 aromatic carbocycles. The Bertz CT molecular complexity index is 881. The summed E-state index contributed by atoms with van der Waals surface area (Å²) in [6.45, 7) is 10.1. The number of hydrogen-bond acceptors (Lipinski definition) is 4. The molecule has 0 N–H and O–H groups in total. The van der Waals surface area contributed by atoms with E-state index < -0.39 is 0 Å². The number of carbonyl (C=O) groups is 2. The number of unbranched alkanes of at least 4 members (excludes halogenated alkanes) is 1. The van der Waals surface area contributed by atoms with Crippen LogP contribution in [0.5, 0.6) is 0 Å². The minimum Gasteiger partial charge on any atom is -0.369 e. The fraction of sp³-hybridized carbons (Fsp3) is 0.417. The van der Waals surface area contributed by atoms with Gasteiger partial charge in [-0.2, -0.15) is 0 Å². The minimum atomic E-state index is -0.146. The van der Waals surface area contributed by atoms with E-state index in [0.29, 0.717) is 17.7 Å². The molecule has 0 bridgehead atoms. The summed E-state index contributed by atoms with van der Waals surface area (Å²) in [5.74, 6) is -0.291. The van der Waals surface area contributed by atoms with E-state index in [0.717, 1.165) is 45.6 Å². The average molecular weight is 392 g/mol. The SMILES string of the molecule is Cc1ccc(C)c(N2CCN(CCCCN3C(=O)c4ccccc4C3=O)CC2)c1. The fourth-order valence-electron chi connectivity index (χ4n) is 4.32. The van der Waals surface area contributed by atoms with Crippen molar-refractivity contribution in [3.8, 4) is 0 Å². The number of imide groups is 1. The smallest absolute Gasteiger partial charge is 0.261 e. The zero-order valence-electron chi connectivity index (χ0n) is 17.4. The second kappa shape index (κ2) is 8.37. The molecule has 0 saturated carbocycles. The zero-order valence-corrected chi connectivity index (χ0v) is 17.4. The van der Waals surface area contributed by atoms with E-state index in [1.807, 2.05) is 12.1 Å². The Morgan fingerprint density at radius 2 is 1.41 bits per heavy atom. The van der Waals surface area contributed by atoms with E-state index in [1.165, 1.54) is 21.7 Å². The van der Waals surface area contributed by atoms with Gasteiger partial charge in [0.25, 0.3) is 11.8 Å². The van der Waals surface area contributed by atoms with Gasteiger partial charge in [-0.1, -0.05) is 24.3 Å². The Balaban J connectivity index is 1.21. The Hall–Kier alpha value is -2.66. The number of fused-ring (bicyclic) bond motifs is 1. The highest BCUT2D eigenvalue weighted by molar-refractivity contribution is 6.21. The highest BCUT2D eigenvalue weighted by Crippen LogP contribution is 2.24. The molecule has 2 amide bonds. The van der Waals surface area contributed by atoms with Crippen molar-refractivity contribution < 1.29 is 9.59 Å². The lowest BCUT2D eigenvalue weighted by Gasteiger charge is -2.37. The van der Waals surface area contributed by atoms with Crippen molar-refractivity contribution in [2.45, 2.75) is 26.7 Å². The normalized spacial score (nSPS) is 17.2. The molecule has 0 aromatic heterocycles. The van der Waals surface area contributed by atoms with E-state index in [4.69, 9.17) is 0 Å². The number of carbonyl (C=O) groups excluding carboxylic acids is 2. The maximum absolute atomic E-state index is 12.4. The molecule has 2 aliphatic heterocycles. The highest BCUT2D eigenvalue weighted by atomic mass is 16.2. The Morgan fingerprint density at radius 1 is 0.793 bits per heavy atom. The van der Waals surface area contributed by atoms with Crippen molar-refractivity contribution in [2.24, 2.45) is 0 Å². The molecule has 5 heteroatoms. The Labute approximate surface area is 172 Å². The van der Waals surface area contributed by atoms with Crippen LogP contribution >= 0.6 is 0 Å². The number of nitrogens with zero attached hydrogens (tertiary/aromatic N) is 3. The summed E-state index contributed by atoms with van der Waals surface area (Å²) in [7, 11) is 0. The molecule has 2 aromatic rings. The van der Waals surface area contributed by atoms with Gasteiger partial charge in [-0.3, -0.25) is 19.4 Å². The molecule has 29 heavy (non-hydrogen) atoms. The van der Waals surface area contributed by atoms with E-state index in [9.17, 15) is 9.59 Å². The van der Waals surface area contributed by atoms with Gasteiger partial charge in [0, 0.05) is 38.4 Å². The highest BCUT2D eigenvalue weighted by Gasteiger charge is 2.34. The molecule has 1 fully saturated rings. The van der Waals surface area contributed by atoms with Gasteiger partial charge in [0.15, 0.2) is 0 Å². The predicted octanol–water partition coefficient (Wildman–Crippen LogP) is 3.50. The van der Waals surface area contributed by atoms with E-state index in [-0.39, 0.29) is 11.8 Å². The fourth-order valence-corrected chi connectivity index (χ4v) is 4.32. The molecule has 2 aliphatic rings. The standard InChI is InChI=1S/C24H29N3O2/c1-18-9-10-19(2)22(17-18)26-15-13-25(14-16-26)11-5-6-12-27-23(28)20-7-3-4-8-21(20)24(27)29/h3-4,7-10,17H,5-6,11-16H2,1-2H3. The first-order chi connectivity index (χ1) is 14.0. The number of aryl methyl sites for hydroxylation is 2. The van der Waals surface area contributed by atoms with Crippen molar-refractivity contribution >= 4 is 17.5 Å². The first-order valence-electron chi connectivity index (χ1n) is 10.5. The van der Waals surface area contributed by atoms with Gasteiger partial charge in [0.1, 0.15) is 0 Å². The topological polar surface area (TPSA) is 43.9 Å². The third-order valence-corrected chi connectivity index (χ3v) is 6.06. The summed E-state index contributed by atoms with van der Waals surface area (Å²) >= 11 is 0. The second-order valence-corrected chi connectivity index (χ2v) is 8.13. The maximum Gasteiger partial charge on any atom is 0.261 e. The van der Waals surface area contributed by atoms with Crippen LogP contribution in [0.3, 0.4) is 0 Å². The molecule has 0 radical (unpaired) electrons. The quantitative estimate of drug-likeness (QED) is 0.558. The molecular formula is C24H29N3O2. The Kier molecular flexibility index (Phi) is 5.67. The lowest BCUT2D eigenvalue weighted by molar-refractivity contribution is 0.0650. The number of benzene rings is 2. The van der Waals surface area contributed by atoms with Crippen LogP contribution in [-0.2, 0) is 0 Å². The first kappa shape index (κ1) is 19.6. The van der Waals surface area contributed by atoms with Crippen molar-refractivity contribution in [2.75, 3.05) is 44.2 Å². The van der Waals surface area contributed by atoms with Crippen molar-refractivity contribution in [1.82, 2.24) is 9.80 Å². The summed E-state index contributed by atoms with van der Waals surface area (Å²) in [5, 5.41) is 0. The van der Waals surface area contributed by atoms with Crippen LogP contribution in [0, 0.1) is 13.8 Å². The third kappa shape index (κ3) is 4.06. The average Bonchev–Trinajstić information content (AvgIpc) is 2.98. The van der Waals surface area contributed by atoms with Crippen LogP contribution in [0.25, 0.3) is 0 Å². The van der Waals surface area contributed by atoms with E-state index in [2.05, 4.69) is 41.8 Å².